The molecule has 3 nitrogen and oxygen atoms in total. The van der Waals surface area contributed by atoms with Gasteiger partial charge in [0.1, 0.15) is 0 Å². The quantitative estimate of drug-likeness (QED) is 0.741. The minimum atomic E-state index is -4.24. The molecule has 0 aromatic heterocycles. The van der Waals surface area contributed by atoms with E-state index in [0.29, 0.717) is 5.56 Å². The second-order valence-electron chi connectivity index (χ2n) is 3.51. The van der Waals surface area contributed by atoms with Crippen molar-refractivity contribution in [2.75, 3.05) is 0 Å². The summed E-state index contributed by atoms with van der Waals surface area (Å²) in [6.07, 6.45) is -5.47. The lowest BCUT2D eigenvalue weighted by Gasteiger charge is -2.14. The number of alkyl halides is 3. The third kappa shape index (κ3) is 5.14. The number of nitrogens with two attached hydrogens (primary N) is 1. The SMILES string of the molecule is Cl.N[C@@H](CCC(F)(F)F)c1ccc(O)c(O)c1. The van der Waals surface area contributed by atoms with Gasteiger partial charge in [-0.2, -0.15) is 13.2 Å². The lowest BCUT2D eigenvalue weighted by molar-refractivity contribution is -0.136. The molecule has 0 amide bonds. The number of hydrogen-bond acceptors (Lipinski definition) is 3. The third-order valence-electron chi connectivity index (χ3n) is 2.17. The Labute approximate surface area is 102 Å². The van der Waals surface area contributed by atoms with Crippen molar-refractivity contribution in [2.45, 2.75) is 25.1 Å². The van der Waals surface area contributed by atoms with Crippen LogP contribution in [-0.4, -0.2) is 16.4 Å². The van der Waals surface area contributed by atoms with Crippen LogP contribution in [0.4, 0.5) is 13.2 Å². The van der Waals surface area contributed by atoms with E-state index in [4.69, 9.17) is 15.9 Å². The van der Waals surface area contributed by atoms with Crippen LogP contribution in [0.15, 0.2) is 18.2 Å². The van der Waals surface area contributed by atoms with Crippen molar-refractivity contribution in [3.63, 3.8) is 0 Å². The van der Waals surface area contributed by atoms with Crippen LogP contribution < -0.4 is 5.73 Å². The number of rotatable bonds is 3. The first-order chi connectivity index (χ1) is 7.29. The van der Waals surface area contributed by atoms with Gasteiger partial charge in [-0.1, -0.05) is 6.07 Å². The van der Waals surface area contributed by atoms with Crippen LogP contribution >= 0.6 is 12.4 Å². The molecule has 0 unspecified atom stereocenters. The second kappa shape index (κ2) is 5.97. The van der Waals surface area contributed by atoms with Gasteiger partial charge < -0.3 is 15.9 Å². The molecule has 0 spiro atoms. The summed E-state index contributed by atoms with van der Waals surface area (Å²) in [6, 6.07) is 2.93. The molecule has 1 aromatic rings. The largest absolute Gasteiger partial charge is 0.504 e. The van der Waals surface area contributed by atoms with Gasteiger partial charge in [-0.3, -0.25) is 0 Å². The summed E-state index contributed by atoms with van der Waals surface area (Å²) in [5.41, 5.74) is 5.89. The molecule has 0 saturated heterocycles. The summed E-state index contributed by atoms with van der Waals surface area (Å²) >= 11 is 0. The van der Waals surface area contributed by atoms with Crippen LogP contribution in [0.5, 0.6) is 11.5 Å². The molecule has 0 bridgehead atoms. The molecule has 0 fully saturated rings. The predicted octanol–water partition coefficient (Wildman–Crippen LogP) is 2.86. The summed E-state index contributed by atoms with van der Waals surface area (Å²) in [6.45, 7) is 0. The second-order valence-corrected chi connectivity index (χ2v) is 3.51. The molecule has 98 valence electrons. The molecular formula is C10H13ClF3NO2. The maximum Gasteiger partial charge on any atom is 0.389 e. The van der Waals surface area contributed by atoms with Crippen molar-refractivity contribution in [3.05, 3.63) is 23.8 Å². The highest BCUT2D eigenvalue weighted by Gasteiger charge is 2.27. The summed E-state index contributed by atoms with van der Waals surface area (Å²) < 4.78 is 35.8. The molecule has 4 N–H and O–H groups in total. The first-order valence-corrected chi connectivity index (χ1v) is 4.64. The third-order valence-corrected chi connectivity index (χ3v) is 2.17. The first-order valence-electron chi connectivity index (χ1n) is 4.64. The Hall–Kier alpha value is -1.14. The van der Waals surface area contributed by atoms with Crippen molar-refractivity contribution in [1.82, 2.24) is 0 Å². The Morgan fingerprint density at radius 3 is 2.24 bits per heavy atom. The molecule has 17 heavy (non-hydrogen) atoms. The number of aromatic hydroxyl groups is 2. The topological polar surface area (TPSA) is 66.5 Å². The molecular weight excluding hydrogens is 259 g/mol. The molecule has 0 heterocycles. The summed E-state index contributed by atoms with van der Waals surface area (Å²) in [5.74, 6) is -0.716. The van der Waals surface area contributed by atoms with E-state index >= 15 is 0 Å². The fourth-order valence-electron chi connectivity index (χ4n) is 1.26. The Bertz CT molecular complexity index is 371. The van der Waals surface area contributed by atoms with Gasteiger partial charge >= 0.3 is 6.18 Å². The maximum atomic E-state index is 11.9. The highest BCUT2D eigenvalue weighted by Crippen LogP contribution is 2.30. The lowest BCUT2D eigenvalue weighted by atomic mass is 10.0. The monoisotopic (exact) mass is 271 g/mol. The van der Waals surface area contributed by atoms with Crippen molar-refractivity contribution < 1.29 is 23.4 Å². The van der Waals surface area contributed by atoms with E-state index in [2.05, 4.69) is 0 Å². The maximum absolute atomic E-state index is 11.9. The van der Waals surface area contributed by atoms with Gasteiger partial charge in [0.15, 0.2) is 11.5 Å². The average molecular weight is 272 g/mol. The van der Waals surface area contributed by atoms with Gasteiger partial charge in [0.05, 0.1) is 0 Å². The normalized spacial score (nSPS) is 12.9. The number of benzene rings is 1. The van der Waals surface area contributed by atoms with Crippen molar-refractivity contribution in [3.8, 4) is 11.5 Å². The van der Waals surface area contributed by atoms with Crippen molar-refractivity contribution in [1.29, 1.82) is 0 Å². The Balaban J connectivity index is 0.00000256. The van der Waals surface area contributed by atoms with Gasteiger partial charge in [-0.25, -0.2) is 0 Å². The van der Waals surface area contributed by atoms with Crippen LogP contribution in [-0.2, 0) is 0 Å². The molecule has 0 saturated carbocycles. The molecule has 7 heteroatoms. The van der Waals surface area contributed by atoms with Crippen LogP contribution in [0.25, 0.3) is 0 Å². The number of phenols is 2. The van der Waals surface area contributed by atoms with Gasteiger partial charge in [0.25, 0.3) is 0 Å². The van der Waals surface area contributed by atoms with E-state index in [-0.39, 0.29) is 30.3 Å². The molecule has 0 aliphatic rings. The summed E-state index contributed by atoms with van der Waals surface area (Å²) in [4.78, 5) is 0. The van der Waals surface area contributed by atoms with E-state index in [9.17, 15) is 13.2 Å². The molecule has 0 radical (unpaired) electrons. The lowest BCUT2D eigenvalue weighted by Crippen LogP contribution is -2.15. The van der Waals surface area contributed by atoms with E-state index < -0.39 is 18.6 Å². The Kier molecular flexibility index (Phi) is 5.57. The summed E-state index contributed by atoms with van der Waals surface area (Å²) in [7, 11) is 0. The van der Waals surface area contributed by atoms with Gasteiger partial charge in [-0.15, -0.1) is 12.4 Å². The summed E-state index contributed by atoms with van der Waals surface area (Å²) in [5, 5.41) is 18.2. The minimum Gasteiger partial charge on any atom is -0.504 e. The predicted molar refractivity (Wildman–Crippen MR) is 59.2 cm³/mol. The van der Waals surface area contributed by atoms with Crippen LogP contribution in [0.1, 0.15) is 24.4 Å². The van der Waals surface area contributed by atoms with Crippen LogP contribution in [0.3, 0.4) is 0 Å². The zero-order chi connectivity index (χ0) is 12.3. The molecule has 1 rings (SSSR count). The smallest absolute Gasteiger partial charge is 0.389 e. The number of phenolic OH excluding ortho intramolecular Hbond substituents is 2. The van der Waals surface area contributed by atoms with Crippen LogP contribution in [0.2, 0.25) is 0 Å². The van der Waals surface area contributed by atoms with E-state index in [1.54, 1.807) is 0 Å². The minimum absolute atomic E-state index is 0. The standard InChI is InChI=1S/C10H12F3NO2.ClH/c11-10(12,13)4-3-7(14)6-1-2-8(15)9(16)5-6;/h1-2,5,7,15-16H,3-4,14H2;1H/t7-;/m0./s1. The fourth-order valence-corrected chi connectivity index (χ4v) is 1.26. The number of halogens is 4. The molecule has 1 atom stereocenters. The first kappa shape index (κ1) is 15.9. The Morgan fingerprint density at radius 1 is 1.18 bits per heavy atom. The fraction of sp³-hybridized carbons (Fsp3) is 0.400. The highest BCUT2D eigenvalue weighted by atomic mass is 35.5. The molecule has 0 aliphatic heterocycles. The van der Waals surface area contributed by atoms with Gasteiger partial charge in [0, 0.05) is 12.5 Å². The van der Waals surface area contributed by atoms with Gasteiger partial charge in [-0.05, 0) is 24.1 Å². The van der Waals surface area contributed by atoms with E-state index in [0.717, 1.165) is 6.07 Å². The highest BCUT2D eigenvalue weighted by molar-refractivity contribution is 5.85. The molecule has 1 aromatic carbocycles. The zero-order valence-corrected chi connectivity index (χ0v) is 9.55. The number of hydrogen-bond donors (Lipinski definition) is 3. The van der Waals surface area contributed by atoms with Gasteiger partial charge in [0.2, 0.25) is 0 Å². The van der Waals surface area contributed by atoms with Crippen molar-refractivity contribution >= 4 is 12.4 Å². The Morgan fingerprint density at radius 2 is 1.76 bits per heavy atom. The average Bonchev–Trinajstić information content (AvgIpc) is 2.17. The van der Waals surface area contributed by atoms with Crippen LogP contribution in [0, 0.1) is 0 Å². The van der Waals surface area contributed by atoms with E-state index in [1.807, 2.05) is 0 Å². The van der Waals surface area contributed by atoms with Crippen molar-refractivity contribution in [2.24, 2.45) is 5.73 Å². The zero-order valence-electron chi connectivity index (χ0n) is 8.74. The molecule has 0 aliphatic carbocycles. The van der Waals surface area contributed by atoms with E-state index in [1.165, 1.54) is 12.1 Å².